The van der Waals surface area contributed by atoms with E-state index in [0.29, 0.717) is 22.5 Å². The fourth-order valence-corrected chi connectivity index (χ4v) is 3.69. The number of nitrogens with zero attached hydrogens (tertiary/aromatic N) is 5. The number of hydrogen-bond acceptors (Lipinski definition) is 6. The molecule has 0 atom stereocenters. The van der Waals surface area contributed by atoms with Crippen LogP contribution < -0.4 is 5.32 Å². The number of aryl methyl sites for hydroxylation is 1. The maximum absolute atomic E-state index is 6.09. The minimum absolute atomic E-state index is 0.475. The SMILES string of the molecule is Cc1csc2nc(-n3cncn3)nc(NCc3ccc(Cl)c(Cl)c3)c12. The Hall–Kier alpha value is -2.22. The van der Waals surface area contributed by atoms with E-state index in [9.17, 15) is 0 Å². The quantitative estimate of drug-likeness (QED) is 0.555. The number of rotatable bonds is 4. The largest absolute Gasteiger partial charge is 0.365 e. The van der Waals surface area contributed by atoms with Crippen molar-refractivity contribution in [3.05, 3.63) is 57.4 Å². The summed E-state index contributed by atoms with van der Waals surface area (Å²) >= 11 is 13.6. The number of benzene rings is 1. The van der Waals surface area contributed by atoms with Gasteiger partial charge in [-0.15, -0.1) is 11.3 Å². The third-order valence-corrected chi connectivity index (χ3v) is 5.40. The normalized spacial score (nSPS) is 11.2. The zero-order valence-electron chi connectivity index (χ0n) is 13.1. The van der Waals surface area contributed by atoms with Crippen molar-refractivity contribution in [3.8, 4) is 5.95 Å². The lowest BCUT2D eigenvalue weighted by Gasteiger charge is -2.10. The van der Waals surface area contributed by atoms with Crippen LogP contribution in [0.4, 0.5) is 5.82 Å². The van der Waals surface area contributed by atoms with Crippen molar-refractivity contribution in [1.82, 2.24) is 24.7 Å². The maximum atomic E-state index is 6.09. The molecule has 25 heavy (non-hydrogen) atoms. The van der Waals surface area contributed by atoms with E-state index < -0.39 is 0 Å². The van der Waals surface area contributed by atoms with Gasteiger partial charge in [0.25, 0.3) is 5.95 Å². The molecule has 0 saturated heterocycles. The van der Waals surface area contributed by atoms with E-state index in [4.69, 9.17) is 23.2 Å². The third kappa shape index (κ3) is 3.18. The predicted octanol–water partition coefficient (Wildman–Crippen LogP) is 4.50. The highest BCUT2D eigenvalue weighted by Crippen LogP contribution is 2.30. The number of hydrogen-bond donors (Lipinski definition) is 1. The monoisotopic (exact) mass is 390 g/mol. The zero-order valence-corrected chi connectivity index (χ0v) is 15.4. The summed E-state index contributed by atoms with van der Waals surface area (Å²) in [5.41, 5.74) is 2.14. The van der Waals surface area contributed by atoms with E-state index >= 15 is 0 Å². The van der Waals surface area contributed by atoms with Gasteiger partial charge < -0.3 is 5.32 Å². The van der Waals surface area contributed by atoms with Crippen LogP contribution in [0.15, 0.2) is 36.2 Å². The molecule has 0 aliphatic heterocycles. The van der Waals surface area contributed by atoms with Crippen LogP contribution >= 0.6 is 34.5 Å². The first-order valence-corrected chi connectivity index (χ1v) is 9.04. The molecule has 1 N–H and O–H groups in total. The molecule has 4 aromatic rings. The minimum atomic E-state index is 0.475. The van der Waals surface area contributed by atoms with Crippen molar-refractivity contribution in [2.24, 2.45) is 0 Å². The number of fused-ring (bicyclic) bond motifs is 1. The van der Waals surface area contributed by atoms with Crippen molar-refractivity contribution in [2.75, 3.05) is 5.32 Å². The van der Waals surface area contributed by atoms with Gasteiger partial charge in [-0.05, 0) is 35.6 Å². The van der Waals surface area contributed by atoms with Crippen LogP contribution in [0.3, 0.4) is 0 Å². The van der Waals surface area contributed by atoms with E-state index in [2.05, 4.69) is 30.7 Å². The van der Waals surface area contributed by atoms with E-state index in [-0.39, 0.29) is 0 Å². The van der Waals surface area contributed by atoms with Crippen molar-refractivity contribution >= 4 is 50.6 Å². The average Bonchev–Trinajstić information content (AvgIpc) is 3.26. The molecule has 0 bridgehead atoms. The highest BCUT2D eigenvalue weighted by molar-refractivity contribution is 7.17. The molecule has 4 rings (SSSR count). The van der Waals surface area contributed by atoms with Crippen LogP contribution in [0, 0.1) is 6.92 Å². The summed E-state index contributed by atoms with van der Waals surface area (Å²) in [4.78, 5) is 14.0. The van der Waals surface area contributed by atoms with Gasteiger partial charge in [-0.2, -0.15) is 19.7 Å². The van der Waals surface area contributed by atoms with Crippen LogP contribution in [0.5, 0.6) is 0 Å². The zero-order chi connectivity index (χ0) is 17.4. The van der Waals surface area contributed by atoms with Crippen molar-refractivity contribution in [3.63, 3.8) is 0 Å². The molecule has 0 fully saturated rings. The van der Waals surface area contributed by atoms with Gasteiger partial charge in [0, 0.05) is 6.54 Å². The van der Waals surface area contributed by atoms with Gasteiger partial charge in [0.1, 0.15) is 23.3 Å². The third-order valence-electron chi connectivity index (χ3n) is 3.67. The van der Waals surface area contributed by atoms with Gasteiger partial charge in [-0.3, -0.25) is 0 Å². The molecule has 9 heteroatoms. The number of anilines is 1. The summed E-state index contributed by atoms with van der Waals surface area (Å²) in [6.45, 7) is 2.61. The molecule has 0 radical (unpaired) electrons. The molecule has 3 aromatic heterocycles. The van der Waals surface area contributed by atoms with Crippen molar-refractivity contribution in [2.45, 2.75) is 13.5 Å². The topological polar surface area (TPSA) is 68.5 Å². The highest BCUT2D eigenvalue weighted by atomic mass is 35.5. The first-order valence-electron chi connectivity index (χ1n) is 7.40. The number of nitrogens with one attached hydrogen (secondary N) is 1. The molecule has 0 aliphatic carbocycles. The smallest absolute Gasteiger partial charge is 0.255 e. The summed E-state index contributed by atoms with van der Waals surface area (Å²) in [6, 6.07) is 5.56. The van der Waals surface area contributed by atoms with E-state index in [0.717, 1.165) is 27.2 Å². The van der Waals surface area contributed by atoms with Gasteiger partial charge >= 0.3 is 0 Å². The fourth-order valence-electron chi connectivity index (χ4n) is 2.45. The first kappa shape index (κ1) is 16.3. The van der Waals surface area contributed by atoms with Gasteiger partial charge in [-0.1, -0.05) is 29.3 Å². The average molecular weight is 391 g/mol. The Bertz CT molecular complexity index is 1040. The molecule has 0 saturated carbocycles. The summed E-state index contributed by atoms with van der Waals surface area (Å²) in [6.07, 6.45) is 3.03. The van der Waals surface area contributed by atoms with Crippen LogP contribution in [-0.2, 0) is 6.54 Å². The second kappa shape index (κ2) is 6.59. The van der Waals surface area contributed by atoms with E-state index in [1.807, 2.05) is 19.1 Å². The Kier molecular flexibility index (Phi) is 4.29. The molecular weight excluding hydrogens is 379 g/mol. The Morgan fingerprint density at radius 1 is 1.20 bits per heavy atom. The van der Waals surface area contributed by atoms with E-state index in [1.165, 1.54) is 6.33 Å². The summed E-state index contributed by atoms with van der Waals surface area (Å²) in [5, 5.41) is 11.6. The molecule has 0 unspecified atom stereocenters. The minimum Gasteiger partial charge on any atom is -0.365 e. The summed E-state index contributed by atoms with van der Waals surface area (Å²) < 4.78 is 1.54. The van der Waals surface area contributed by atoms with Gasteiger partial charge in [-0.25, -0.2) is 4.98 Å². The molecule has 126 valence electrons. The Balaban J connectivity index is 1.72. The molecule has 3 heterocycles. The predicted molar refractivity (Wildman–Crippen MR) is 101 cm³/mol. The van der Waals surface area contributed by atoms with Crippen LogP contribution in [-0.4, -0.2) is 24.7 Å². The van der Waals surface area contributed by atoms with Crippen LogP contribution in [0.1, 0.15) is 11.1 Å². The lowest BCUT2D eigenvalue weighted by Crippen LogP contribution is -2.07. The maximum Gasteiger partial charge on any atom is 0.255 e. The fraction of sp³-hybridized carbons (Fsp3) is 0.125. The Morgan fingerprint density at radius 3 is 2.84 bits per heavy atom. The molecule has 6 nitrogen and oxygen atoms in total. The molecular formula is C16H12Cl2N6S. The van der Waals surface area contributed by atoms with Crippen molar-refractivity contribution in [1.29, 1.82) is 0 Å². The van der Waals surface area contributed by atoms with Gasteiger partial charge in [0.15, 0.2) is 0 Å². The van der Waals surface area contributed by atoms with Crippen molar-refractivity contribution < 1.29 is 0 Å². The standard InChI is InChI=1S/C16H12Cl2N6S/c1-9-6-25-15-13(9)14(22-16(23-15)24-8-19-7-21-24)20-5-10-2-3-11(17)12(18)4-10/h2-4,6-8H,5H2,1H3,(H,20,22,23). The Morgan fingerprint density at radius 2 is 2.08 bits per heavy atom. The van der Waals surface area contributed by atoms with Crippen LogP contribution in [0.25, 0.3) is 16.2 Å². The first-order chi connectivity index (χ1) is 12.1. The number of aromatic nitrogens is 5. The second-order valence-corrected chi connectivity index (χ2v) is 7.09. The Labute approximate surface area is 157 Å². The lowest BCUT2D eigenvalue weighted by atomic mass is 10.2. The van der Waals surface area contributed by atoms with Gasteiger partial charge in [0.05, 0.1) is 15.4 Å². The molecule has 0 amide bonds. The van der Waals surface area contributed by atoms with E-state index in [1.54, 1.807) is 28.4 Å². The highest BCUT2D eigenvalue weighted by Gasteiger charge is 2.13. The van der Waals surface area contributed by atoms with Crippen LogP contribution in [0.2, 0.25) is 10.0 Å². The summed E-state index contributed by atoms with van der Waals surface area (Å²) in [5.74, 6) is 1.23. The molecule has 0 aliphatic rings. The molecule has 0 spiro atoms. The van der Waals surface area contributed by atoms with Gasteiger partial charge in [0.2, 0.25) is 0 Å². The summed E-state index contributed by atoms with van der Waals surface area (Å²) in [7, 11) is 0. The second-order valence-electron chi connectivity index (χ2n) is 5.41. The number of halogens is 2. The lowest BCUT2D eigenvalue weighted by molar-refractivity contribution is 0.815. The number of thiophene rings is 1. The molecule has 1 aromatic carbocycles.